The Morgan fingerprint density at radius 1 is 1.17 bits per heavy atom. The Balaban J connectivity index is 1.97. The van der Waals surface area contributed by atoms with Gasteiger partial charge < -0.3 is 9.84 Å². The van der Waals surface area contributed by atoms with Crippen LogP contribution in [0.25, 0.3) is 5.76 Å². The van der Waals surface area contributed by atoms with Gasteiger partial charge >= 0.3 is 0 Å². The summed E-state index contributed by atoms with van der Waals surface area (Å²) in [6.07, 6.45) is 0. The van der Waals surface area contributed by atoms with Gasteiger partial charge in [0.15, 0.2) is 0 Å². The number of Topliss-reactive ketones (excluding diaryl/α,β-unsaturated/α-hetero) is 1. The molecule has 0 radical (unpaired) electrons. The second-order valence-electron chi connectivity index (χ2n) is 6.51. The van der Waals surface area contributed by atoms with Crippen molar-refractivity contribution in [3.05, 3.63) is 86.8 Å². The topological polar surface area (TPSA) is 66.8 Å². The molecule has 2 aromatic carbocycles. The van der Waals surface area contributed by atoms with Gasteiger partial charge in [0.2, 0.25) is 0 Å². The Kier molecular flexibility index (Phi) is 5.32. The number of aliphatic hydroxyl groups excluding tert-OH is 1. The molecule has 3 aromatic rings. The number of nitrogens with zero attached hydrogens (tertiary/aromatic N) is 1. The molecule has 1 aromatic heterocycles. The Bertz CT molecular complexity index is 1180. The van der Waals surface area contributed by atoms with Crippen molar-refractivity contribution in [2.24, 2.45) is 0 Å². The standard InChI is InChI=1S/C22H15ClFNO4S/c1-29-16-8-7-13(24)11-15(16)20(26)18-19(17-6-3-9-30-17)25(22(28)21(18)27)14-5-2-4-12(23)10-14/h2-11,19,26H,1H3/b20-18-. The van der Waals surface area contributed by atoms with Gasteiger partial charge in [0.05, 0.1) is 18.2 Å². The molecule has 152 valence electrons. The van der Waals surface area contributed by atoms with E-state index < -0.39 is 29.3 Å². The van der Waals surface area contributed by atoms with Gasteiger partial charge in [-0.25, -0.2) is 4.39 Å². The number of carbonyl (C=O) groups excluding carboxylic acids is 2. The quantitative estimate of drug-likeness (QED) is 0.343. The number of rotatable bonds is 4. The smallest absolute Gasteiger partial charge is 0.300 e. The third kappa shape index (κ3) is 3.36. The van der Waals surface area contributed by atoms with Crippen molar-refractivity contribution >= 4 is 46.1 Å². The molecule has 0 aliphatic carbocycles. The predicted octanol–water partition coefficient (Wildman–Crippen LogP) is 5.18. The summed E-state index contributed by atoms with van der Waals surface area (Å²) in [7, 11) is 1.37. The molecular weight excluding hydrogens is 429 g/mol. The summed E-state index contributed by atoms with van der Waals surface area (Å²) in [4.78, 5) is 27.9. The van der Waals surface area contributed by atoms with Crippen molar-refractivity contribution < 1.29 is 23.8 Å². The molecule has 30 heavy (non-hydrogen) atoms. The second kappa shape index (κ2) is 7.93. The normalized spacial score (nSPS) is 18.1. The molecule has 1 amide bonds. The number of ether oxygens (including phenoxy) is 1. The number of thiophene rings is 1. The zero-order valence-corrected chi connectivity index (χ0v) is 17.2. The van der Waals surface area contributed by atoms with Crippen molar-refractivity contribution in [3.63, 3.8) is 0 Å². The molecule has 2 heterocycles. The monoisotopic (exact) mass is 443 g/mol. The summed E-state index contributed by atoms with van der Waals surface area (Å²) >= 11 is 7.42. The molecule has 1 aliphatic rings. The molecule has 1 saturated heterocycles. The maximum Gasteiger partial charge on any atom is 0.300 e. The van der Waals surface area contributed by atoms with Crippen LogP contribution in [0, 0.1) is 5.82 Å². The van der Waals surface area contributed by atoms with Gasteiger partial charge in [-0.1, -0.05) is 23.7 Å². The number of halogens is 2. The van der Waals surface area contributed by atoms with Gasteiger partial charge in [0.1, 0.15) is 23.4 Å². The van der Waals surface area contributed by atoms with Crippen LogP contribution in [0.3, 0.4) is 0 Å². The minimum Gasteiger partial charge on any atom is -0.507 e. The molecule has 0 saturated carbocycles. The maximum absolute atomic E-state index is 13.9. The SMILES string of the molecule is COc1ccc(F)cc1/C(O)=C1/C(=O)C(=O)N(c2cccc(Cl)c2)C1c1cccs1. The number of methoxy groups -OCH3 is 1. The molecule has 8 heteroatoms. The molecule has 5 nitrogen and oxygen atoms in total. The Morgan fingerprint density at radius 2 is 1.97 bits per heavy atom. The van der Waals surface area contributed by atoms with E-state index in [2.05, 4.69) is 0 Å². The molecule has 1 N–H and O–H groups in total. The highest BCUT2D eigenvalue weighted by molar-refractivity contribution is 7.10. The van der Waals surface area contributed by atoms with E-state index in [0.29, 0.717) is 15.6 Å². The molecular formula is C22H15ClFNO4S. The van der Waals surface area contributed by atoms with Crippen LogP contribution in [-0.4, -0.2) is 23.9 Å². The van der Waals surface area contributed by atoms with E-state index in [0.717, 1.165) is 6.07 Å². The second-order valence-corrected chi connectivity index (χ2v) is 7.92. The highest BCUT2D eigenvalue weighted by Gasteiger charge is 2.47. The van der Waals surface area contributed by atoms with Crippen molar-refractivity contribution in [3.8, 4) is 5.75 Å². The first-order chi connectivity index (χ1) is 14.4. The van der Waals surface area contributed by atoms with E-state index in [1.54, 1.807) is 41.8 Å². The molecule has 0 spiro atoms. The Labute approximate surface area is 180 Å². The molecule has 1 fully saturated rings. The third-order valence-corrected chi connectivity index (χ3v) is 5.92. The highest BCUT2D eigenvalue weighted by Crippen LogP contribution is 2.44. The van der Waals surface area contributed by atoms with Gasteiger partial charge in [-0.15, -0.1) is 11.3 Å². The lowest BCUT2D eigenvalue weighted by Gasteiger charge is -2.24. The summed E-state index contributed by atoms with van der Waals surface area (Å²) in [6.45, 7) is 0. The van der Waals surface area contributed by atoms with Gasteiger partial charge in [0.25, 0.3) is 11.7 Å². The first kappa shape index (κ1) is 20.1. The summed E-state index contributed by atoms with van der Waals surface area (Å²) in [5.74, 6) is -2.64. The van der Waals surface area contributed by atoms with Crippen LogP contribution < -0.4 is 9.64 Å². The first-order valence-electron chi connectivity index (χ1n) is 8.86. The van der Waals surface area contributed by atoms with Crippen LogP contribution >= 0.6 is 22.9 Å². The fourth-order valence-corrected chi connectivity index (χ4v) is 4.46. The van der Waals surface area contributed by atoms with E-state index >= 15 is 0 Å². The van der Waals surface area contributed by atoms with E-state index in [1.165, 1.54) is 35.5 Å². The fourth-order valence-electron chi connectivity index (χ4n) is 3.45. The van der Waals surface area contributed by atoms with Crippen LogP contribution in [0.1, 0.15) is 16.5 Å². The fraction of sp³-hybridized carbons (Fsp3) is 0.0909. The number of hydrogen-bond donors (Lipinski definition) is 1. The van der Waals surface area contributed by atoms with Crippen molar-refractivity contribution in [1.29, 1.82) is 0 Å². The Morgan fingerprint density at radius 3 is 2.63 bits per heavy atom. The largest absolute Gasteiger partial charge is 0.507 e. The lowest BCUT2D eigenvalue weighted by Crippen LogP contribution is -2.29. The number of hydrogen-bond acceptors (Lipinski definition) is 5. The molecule has 1 unspecified atom stereocenters. The lowest BCUT2D eigenvalue weighted by atomic mass is 9.99. The molecule has 4 rings (SSSR count). The number of anilines is 1. The number of amides is 1. The predicted molar refractivity (Wildman–Crippen MR) is 114 cm³/mol. The average molecular weight is 444 g/mol. The number of aliphatic hydroxyl groups is 1. The first-order valence-corrected chi connectivity index (χ1v) is 10.1. The third-order valence-electron chi connectivity index (χ3n) is 4.76. The number of benzene rings is 2. The van der Waals surface area contributed by atoms with Gasteiger partial charge in [-0.2, -0.15) is 0 Å². The van der Waals surface area contributed by atoms with Crippen molar-refractivity contribution in [2.75, 3.05) is 12.0 Å². The summed E-state index contributed by atoms with van der Waals surface area (Å²) < 4.78 is 19.1. The minimum atomic E-state index is -0.892. The van der Waals surface area contributed by atoms with E-state index in [1.807, 2.05) is 0 Å². The zero-order chi connectivity index (χ0) is 21.4. The van der Waals surface area contributed by atoms with E-state index in [-0.39, 0.29) is 16.9 Å². The molecule has 1 atom stereocenters. The number of carbonyl (C=O) groups is 2. The summed E-state index contributed by atoms with van der Waals surface area (Å²) in [5.41, 5.74) is 0.253. The zero-order valence-electron chi connectivity index (χ0n) is 15.6. The Hall–Kier alpha value is -3.16. The van der Waals surface area contributed by atoms with Gasteiger partial charge in [-0.3, -0.25) is 14.5 Å². The van der Waals surface area contributed by atoms with Gasteiger partial charge in [-0.05, 0) is 47.8 Å². The van der Waals surface area contributed by atoms with Crippen molar-refractivity contribution in [1.82, 2.24) is 0 Å². The summed E-state index contributed by atoms with van der Waals surface area (Å²) in [5, 5.41) is 13.2. The van der Waals surface area contributed by atoms with Crippen LogP contribution in [-0.2, 0) is 9.59 Å². The van der Waals surface area contributed by atoms with Crippen LogP contribution in [0.2, 0.25) is 5.02 Å². The van der Waals surface area contributed by atoms with Crippen LogP contribution in [0.15, 0.2) is 65.6 Å². The molecule has 0 bridgehead atoms. The van der Waals surface area contributed by atoms with E-state index in [9.17, 15) is 19.1 Å². The number of ketones is 1. The van der Waals surface area contributed by atoms with Crippen molar-refractivity contribution in [2.45, 2.75) is 6.04 Å². The van der Waals surface area contributed by atoms with Crippen LogP contribution in [0.5, 0.6) is 5.75 Å². The lowest BCUT2D eigenvalue weighted by molar-refractivity contribution is -0.132. The van der Waals surface area contributed by atoms with Crippen LogP contribution in [0.4, 0.5) is 10.1 Å². The highest BCUT2D eigenvalue weighted by atomic mass is 35.5. The average Bonchev–Trinajstić information content (AvgIpc) is 3.34. The van der Waals surface area contributed by atoms with E-state index in [4.69, 9.17) is 16.3 Å². The maximum atomic E-state index is 13.9. The van der Waals surface area contributed by atoms with Gasteiger partial charge in [0, 0.05) is 15.6 Å². The summed E-state index contributed by atoms with van der Waals surface area (Å²) in [6, 6.07) is 12.8. The molecule has 1 aliphatic heterocycles. The minimum absolute atomic E-state index is 0.0110.